The molecule has 1 atom stereocenters. The summed E-state index contributed by atoms with van der Waals surface area (Å²) in [5.74, 6) is 0.761. The maximum absolute atomic E-state index is 12.0. The summed E-state index contributed by atoms with van der Waals surface area (Å²) in [5.41, 5.74) is 0.328. The van der Waals surface area contributed by atoms with E-state index in [1.807, 2.05) is 17.5 Å². The molecule has 2 aromatic rings. The molecule has 96 valence electrons. The van der Waals surface area contributed by atoms with Crippen LogP contribution in [0.25, 0.3) is 0 Å². The molecular weight excluding hydrogens is 248 g/mol. The summed E-state index contributed by atoms with van der Waals surface area (Å²) < 4.78 is 4.91. The number of nitrogens with one attached hydrogen (secondary N) is 1. The Bertz CT molecular complexity index is 517. The lowest BCUT2D eigenvalue weighted by molar-refractivity contribution is 0.0917. The molecule has 1 amide bonds. The van der Waals surface area contributed by atoms with Gasteiger partial charge in [-0.15, -0.1) is 11.3 Å². The first kappa shape index (κ1) is 12.8. The van der Waals surface area contributed by atoms with Crippen molar-refractivity contribution >= 4 is 17.2 Å². The zero-order valence-electron chi connectivity index (χ0n) is 10.6. The first-order chi connectivity index (χ1) is 8.58. The zero-order chi connectivity index (χ0) is 13.1. The van der Waals surface area contributed by atoms with Gasteiger partial charge in [0.2, 0.25) is 0 Å². The van der Waals surface area contributed by atoms with Crippen molar-refractivity contribution in [3.8, 4) is 0 Å². The van der Waals surface area contributed by atoms with Crippen LogP contribution in [0.1, 0.15) is 41.0 Å². The molecule has 2 heterocycles. The number of carbonyl (C=O) groups is 1. The predicted molar refractivity (Wildman–Crippen MR) is 70.6 cm³/mol. The van der Waals surface area contributed by atoms with Crippen LogP contribution >= 0.6 is 11.3 Å². The van der Waals surface area contributed by atoms with Gasteiger partial charge in [-0.3, -0.25) is 4.79 Å². The molecule has 0 spiro atoms. The van der Waals surface area contributed by atoms with Crippen LogP contribution < -0.4 is 5.32 Å². The lowest BCUT2D eigenvalue weighted by Crippen LogP contribution is -2.31. The summed E-state index contributed by atoms with van der Waals surface area (Å²) in [5, 5.41) is 8.73. The van der Waals surface area contributed by atoms with Gasteiger partial charge in [-0.25, -0.2) is 0 Å². The first-order valence-corrected chi connectivity index (χ1v) is 6.73. The van der Waals surface area contributed by atoms with Gasteiger partial charge >= 0.3 is 0 Å². The summed E-state index contributed by atoms with van der Waals surface area (Å²) in [4.78, 5) is 13.2. The fourth-order valence-corrected chi connectivity index (χ4v) is 2.67. The first-order valence-electron chi connectivity index (χ1n) is 5.85. The van der Waals surface area contributed by atoms with E-state index in [-0.39, 0.29) is 11.9 Å². The normalized spacial score (nSPS) is 12.7. The molecule has 0 fully saturated rings. The number of rotatable bonds is 4. The van der Waals surface area contributed by atoms with Crippen LogP contribution in [0.3, 0.4) is 0 Å². The largest absolute Gasteiger partial charge is 0.361 e. The molecule has 0 saturated heterocycles. The Hall–Kier alpha value is -1.62. The lowest BCUT2D eigenvalue weighted by Gasteiger charge is -2.20. The molecule has 2 aromatic heterocycles. The van der Waals surface area contributed by atoms with E-state index >= 15 is 0 Å². The highest BCUT2D eigenvalue weighted by Crippen LogP contribution is 2.26. The summed E-state index contributed by atoms with van der Waals surface area (Å²) in [6.45, 7) is 5.93. The Morgan fingerprint density at radius 1 is 1.50 bits per heavy atom. The van der Waals surface area contributed by atoms with Crippen LogP contribution in [-0.4, -0.2) is 11.1 Å². The highest BCUT2D eigenvalue weighted by atomic mass is 32.1. The van der Waals surface area contributed by atoms with Gasteiger partial charge in [0.25, 0.3) is 5.91 Å². The van der Waals surface area contributed by atoms with E-state index in [0.29, 0.717) is 17.4 Å². The van der Waals surface area contributed by atoms with Gasteiger partial charge in [-0.05, 0) is 24.3 Å². The van der Waals surface area contributed by atoms with E-state index < -0.39 is 0 Å². The molecule has 0 aliphatic rings. The number of hydrogen-bond donors (Lipinski definition) is 1. The molecule has 5 heteroatoms. The van der Waals surface area contributed by atoms with Crippen molar-refractivity contribution in [2.75, 3.05) is 0 Å². The topological polar surface area (TPSA) is 55.1 Å². The van der Waals surface area contributed by atoms with Crippen LogP contribution in [0, 0.1) is 12.8 Å². The Balaban J connectivity index is 2.13. The minimum absolute atomic E-state index is 0.00880. The van der Waals surface area contributed by atoms with E-state index in [0.717, 1.165) is 4.88 Å². The number of aromatic nitrogens is 1. The minimum atomic E-state index is -0.195. The highest BCUT2D eigenvalue weighted by Gasteiger charge is 2.21. The maximum atomic E-state index is 12.0. The summed E-state index contributed by atoms with van der Waals surface area (Å²) >= 11 is 1.64. The van der Waals surface area contributed by atoms with Crippen LogP contribution in [-0.2, 0) is 0 Å². The van der Waals surface area contributed by atoms with Gasteiger partial charge in [0.05, 0.1) is 6.04 Å². The van der Waals surface area contributed by atoms with Crippen molar-refractivity contribution in [2.24, 2.45) is 5.92 Å². The van der Waals surface area contributed by atoms with Crippen LogP contribution in [0.5, 0.6) is 0 Å². The second kappa shape index (κ2) is 5.35. The average Bonchev–Trinajstić information content (AvgIpc) is 2.95. The molecule has 0 aliphatic carbocycles. The van der Waals surface area contributed by atoms with Crippen molar-refractivity contribution in [1.29, 1.82) is 0 Å². The Morgan fingerprint density at radius 2 is 2.28 bits per heavy atom. The van der Waals surface area contributed by atoms with Crippen molar-refractivity contribution in [3.63, 3.8) is 0 Å². The molecular formula is C13H16N2O2S. The van der Waals surface area contributed by atoms with Gasteiger partial charge in [0.1, 0.15) is 5.76 Å². The number of carbonyl (C=O) groups excluding carboxylic acids is 1. The van der Waals surface area contributed by atoms with E-state index in [1.165, 1.54) is 0 Å². The quantitative estimate of drug-likeness (QED) is 0.922. The van der Waals surface area contributed by atoms with Crippen molar-refractivity contribution in [1.82, 2.24) is 10.5 Å². The van der Waals surface area contributed by atoms with Crippen LogP contribution in [0.4, 0.5) is 0 Å². The summed E-state index contributed by atoms with van der Waals surface area (Å²) in [6, 6.07) is 5.67. The van der Waals surface area contributed by atoms with E-state index in [1.54, 1.807) is 24.3 Å². The van der Waals surface area contributed by atoms with Gasteiger partial charge in [0.15, 0.2) is 5.69 Å². The Kier molecular flexibility index (Phi) is 3.81. The molecule has 0 radical (unpaired) electrons. The van der Waals surface area contributed by atoms with Crippen molar-refractivity contribution in [3.05, 3.63) is 39.9 Å². The van der Waals surface area contributed by atoms with Gasteiger partial charge in [-0.1, -0.05) is 25.1 Å². The SMILES string of the molecule is Cc1cc(C(=O)N[C@@H](c2cccs2)C(C)C)no1. The monoisotopic (exact) mass is 264 g/mol. The molecule has 0 unspecified atom stereocenters. The molecule has 4 nitrogen and oxygen atoms in total. The fraction of sp³-hybridized carbons (Fsp3) is 0.385. The summed E-state index contributed by atoms with van der Waals surface area (Å²) in [6.07, 6.45) is 0. The van der Waals surface area contributed by atoms with E-state index in [4.69, 9.17) is 4.52 Å². The third-order valence-corrected chi connectivity index (χ3v) is 3.62. The minimum Gasteiger partial charge on any atom is -0.361 e. The number of amides is 1. The van der Waals surface area contributed by atoms with Crippen LogP contribution in [0.15, 0.2) is 28.1 Å². The van der Waals surface area contributed by atoms with Crippen molar-refractivity contribution in [2.45, 2.75) is 26.8 Å². The maximum Gasteiger partial charge on any atom is 0.273 e. The lowest BCUT2D eigenvalue weighted by atomic mass is 10.0. The third kappa shape index (κ3) is 2.79. The second-order valence-electron chi connectivity index (χ2n) is 4.53. The average molecular weight is 264 g/mol. The number of thiophene rings is 1. The Morgan fingerprint density at radius 3 is 2.78 bits per heavy atom. The van der Waals surface area contributed by atoms with Crippen molar-refractivity contribution < 1.29 is 9.32 Å². The van der Waals surface area contributed by atoms with E-state index in [2.05, 4.69) is 24.3 Å². The molecule has 2 rings (SSSR count). The molecule has 0 saturated carbocycles. The molecule has 0 bridgehead atoms. The Labute approximate surface area is 110 Å². The number of nitrogens with zero attached hydrogens (tertiary/aromatic N) is 1. The molecule has 0 aliphatic heterocycles. The second-order valence-corrected chi connectivity index (χ2v) is 5.51. The molecule has 1 N–H and O–H groups in total. The molecule has 0 aromatic carbocycles. The van der Waals surface area contributed by atoms with E-state index in [9.17, 15) is 4.79 Å². The number of hydrogen-bond acceptors (Lipinski definition) is 4. The third-order valence-electron chi connectivity index (χ3n) is 2.66. The highest BCUT2D eigenvalue weighted by molar-refractivity contribution is 7.10. The smallest absolute Gasteiger partial charge is 0.273 e. The van der Waals surface area contributed by atoms with Gasteiger partial charge in [-0.2, -0.15) is 0 Å². The van der Waals surface area contributed by atoms with Crippen LogP contribution in [0.2, 0.25) is 0 Å². The fourth-order valence-electron chi connectivity index (χ4n) is 1.72. The van der Waals surface area contributed by atoms with Gasteiger partial charge < -0.3 is 9.84 Å². The number of aryl methyl sites for hydroxylation is 1. The standard InChI is InChI=1S/C13H16N2O2S/c1-8(2)12(11-5-4-6-18-11)14-13(16)10-7-9(3)17-15-10/h4-8,12H,1-3H3,(H,14,16)/t12-/m1/s1. The summed E-state index contributed by atoms with van der Waals surface area (Å²) in [7, 11) is 0. The van der Waals surface area contributed by atoms with Gasteiger partial charge in [0, 0.05) is 10.9 Å². The molecule has 18 heavy (non-hydrogen) atoms. The predicted octanol–water partition coefficient (Wildman–Crippen LogP) is 3.17. The zero-order valence-corrected chi connectivity index (χ0v) is 11.5.